The van der Waals surface area contributed by atoms with E-state index in [1.165, 1.54) is 0 Å². The maximum atomic E-state index is 11.9. The number of hydrogen-bond acceptors (Lipinski definition) is 3. The van der Waals surface area contributed by atoms with Crippen molar-refractivity contribution in [1.82, 2.24) is 10.6 Å². The van der Waals surface area contributed by atoms with E-state index in [-0.39, 0.29) is 11.8 Å². The fourth-order valence-corrected chi connectivity index (χ4v) is 3.15. The zero-order valence-electron chi connectivity index (χ0n) is 14.1. The van der Waals surface area contributed by atoms with Crippen LogP contribution in [0.4, 0.5) is 0 Å². The van der Waals surface area contributed by atoms with Crippen molar-refractivity contribution in [3.8, 4) is 0 Å². The third kappa shape index (κ3) is 7.68. The number of carbonyl (C=O) groups is 2. The van der Waals surface area contributed by atoms with Crippen LogP contribution in [0, 0.1) is 0 Å². The Hall–Kier alpha value is -1.69. The first-order valence-corrected chi connectivity index (χ1v) is 9.97. The van der Waals surface area contributed by atoms with Crippen LogP contribution in [0.5, 0.6) is 0 Å². The zero-order valence-corrected chi connectivity index (χ0v) is 16.5. The minimum Gasteiger partial charge on any atom is -0.355 e. The molecule has 0 radical (unpaired) electrons. The van der Waals surface area contributed by atoms with E-state index in [9.17, 15) is 9.59 Å². The Bertz CT molecular complexity index is 721. The highest BCUT2D eigenvalue weighted by Gasteiger charge is 2.05. The van der Waals surface area contributed by atoms with Gasteiger partial charge in [-0.05, 0) is 55.0 Å². The van der Waals surface area contributed by atoms with Gasteiger partial charge in [-0.25, -0.2) is 0 Å². The largest absolute Gasteiger partial charge is 0.355 e. The molecule has 0 spiro atoms. The highest BCUT2D eigenvalue weighted by Crippen LogP contribution is 2.19. The molecule has 4 nitrogen and oxygen atoms in total. The SMILES string of the molecule is O=C(CCCNC(=O)c1ccc(Cl)cc1)NCCSc1ccc(Cl)cc1. The summed E-state index contributed by atoms with van der Waals surface area (Å²) >= 11 is 13.3. The van der Waals surface area contributed by atoms with Crippen molar-refractivity contribution in [1.29, 1.82) is 0 Å². The Balaban J connectivity index is 1.54. The standard InChI is InChI=1S/C19H20Cl2N2O2S/c20-15-5-3-14(4-6-15)19(25)23-11-1-2-18(24)22-12-13-26-17-9-7-16(21)8-10-17/h3-10H,1-2,11-13H2,(H,22,24)(H,23,25). The Morgan fingerprint density at radius 2 is 1.46 bits per heavy atom. The van der Waals surface area contributed by atoms with Gasteiger partial charge in [0.1, 0.15) is 0 Å². The van der Waals surface area contributed by atoms with Gasteiger partial charge in [0.15, 0.2) is 0 Å². The predicted octanol–water partition coefficient (Wildman–Crippen LogP) is 4.41. The molecule has 2 N–H and O–H groups in total. The Labute approximate surface area is 167 Å². The number of rotatable bonds is 9. The maximum absolute atomic E-state index is 11.9. The predicted molar refractivity (Wildman–Crippen MR) is 108 cm³/mol. The van der Waals surface area contributed by atoms with Gasteiger partial charge in [0.2, 0.25) is 5.91 Å². The average molecular weight is 411 g/mol. The van der Waals surface area contributed by atoms with Crippen molar-refractivity contribution in [2.24, 2.45) is 0 Å². The van der Waals surface area contributed by atoms with Crippen LogP contribution in [-0.4, -0.2) is 30.7 Å². The lowest BCUT2D eigenvalue weighted by Gasteiger charge is -2.07. The van der Waals surface area contributed by atoms with E-state index in [4.69, 9.17) is 23.2 Å². The molecule has 2 amide bonds. The van der Waals surface area contributed by atoms with E-state index in [2.05, 4.69) is 10.6 Å². The number of nitrogens with one attached hydrogen (secondary N) is 2. The first-order valence-electron chi connectivity index (χ1n) is 8.23. The molecule has 2 aromatic carbocycles. The molecule has 2 aromatic rings. The van der Waals surface area contributed by atoms with Crippen LogP contribution in [0.15, 0.2) is 53.4 Å². The number of amides is 2. The first-order chi connectivity index (χ1) is 12.5. The normalized spacial score (nSPS) is 10.4. The minimum absolute atomic E-state index is 0.0116. The molecule has 0 aliphatic heterocycles. The third-order valence-electron chi connectivity index (χ3n) is 3.48. The second kappa shape index (κ2) is 11.1. The molecule has 2 rings (SSSR count). The van der Waals surface area contributed by atoms with Crippen LogP contribution in [0.1, 0.15) is 23.2 Å². The molecule has 0 heterocycles. The van der Waals surface area contributed by atoms with Crippen molar-refractivity contribution in [3.05, 3.63) is 64.1 Å². The third-order valence-corrected chi connectivity index (χ3v) is 5.00. The molecule has 26 heavy (non-hydrogen) atoms. The van der Waals surface area contributed by atoms with E-state index >= 15 is 0 Å². The van der Waals surface area contributed by atoms with Crippen LogP contribution in [0.2, 0.25) is 10.0 Å². The Morgan fingerprint density at radius 3 is 2.12 bits per heavy atom. The molecule has 0 unspecified atom stereocenters. The fraction of sp³-hybridized carbons (Fsp3) is 0.263. The van der Waals surface area contributed by atoms with Crippen molar-refractivity contribution < 1.29 is 9.59 Å². The molecular weight excluding hydrogens is 391 g/mol. The van der Waals surface area contributed by atoms with Crippen LogP contribution < -0.4 is 10.6 Å². The second-order valence-electron chi connectivity index (χ2n) is 5.52. The molecule has 138 valence electrons. The molecule has 0 aliphatic rings. The monoisotopic (exact) mass is 410 g/mol. The summed E-state index contributed by atoms with van der Waals surface area (Å²) in [6, 6.07) is 14.3. The van der Waals surface area contributed by atoms with Gasteiger partial charge in [-0.1, -0.05) is 23.2 Å². The van der Waals surface area contributed by atoms with E-state index in [0.29, 0.717) is 41.5 Å². The number of thioether (sulfide) groups is 1. The summed E-state index contributed by atoms with van der Waals surface area (Å²) in [7, 11) is 0. The van der Waals surface area contributed by atoms with Gasteiger partial charge in [-0.3, -0.25) is 9.59 Å². The number of benzene rings is 2. The Morgan fingerprint density at radius 1 is 0.846 bits per heavy atom. The van der Waals surface area contributed by atoms with Gasteiger partial charge in [0.25, 0.3) is 5.91 Å². The second-order valence-corrected chi connectivity index (χ2v) is 7.56. The molecule has 0 bridgehead atoms. The molecule has 0 atom stereocenters. The lowest BCUT2D eigenvalue weighted by atomic mass is 10.2. The summed E-state index contributed by atoms with van der Waals surface area (Å²) in [5, 5.41) is 6.97. The molecule has 0 aromatic heterocycles. The van der Waals surface area contributed by atoms with E-state index < -0.39 is 0 Å². The Kier molecular flexibility index (Phi) is 8.81. The van der Waals surface area contributed by atoms with Gasteiger partial charge in [0, 0.05) is 45.8 Å². The van der Waals surface area contributed by atoms with Crippen molar-refractivity contribution in [2.45, 2.75) is 17.7 Å². The number of carbonyl (C=O) groups excluding carboxylic acids is 2. The van der Waals surface area contributed by atoms with Crippen molar-refractivity contribution >= 4 is 46.8 Å². The van der Waals surface area contributed by atoms with Gasteiger partial charge in [-0.15, -0.1) is 11.8 Å². The zero-order chi connectivity index (χ0) is 18.8. The topological polar surface area (TPSA) is 58.2 Å². The van der Waals surface area contributed by atoms with E-state index in [0.717, 1.165) is 10.6 Å². The van der Waals surface area contributed by atoms with E-state index in [1.54, 1.807) is 36.0 Å². The molecule has 0 saturated heterocycles. The van der Waals surface area contributed by atoms with Gasteiger partial charge in [0.05, 0.1) is 0 Å². The smallest absolute Gasteiger partial charge is 0.251 e. The molecule has 7 heteroatoms. The van der Waals surface area contributed by atoms with Gasteiger partial charge < -0.3 is 10.6 Å². The van der Waals surface area contributed by atoms with Gasteiger partial charge in [-0.2, -0.15) is 0 Å². The lowest BCUT2D eigenvalue weighted by molar-refractivity contribution is -0.121. The van der Waals surface area contributed by atoms with Crippen molar-refractivity contribution in [3.63, 3.8) is 0 Å². The first kappa shape index (κ1) is 20.6. The van der Waals surface area contributed by atoms with Crippen LogP contribution >= 0.6 is 35.0 Å². The van der Waals surface area contributed by atoms with Crippen molar-refractivity contribution in [2.75, 3.05) is 18.8 Å². The summed E-state index contributed by atoms with van der Waals surface area (Å²) in [5.41, 5.74) is 0.554. The molecule has 0 aliphatic carbocycles. The summed E-state index contributed by atoms with van der Waals surface area (Å²) in [6.45, 7) is 1.05. The lowest BCUT2D eigenvalue weighted by Crippen LogP contribution is -2.28. The van der Waals surface area contributed by atoms with Crippen LogP contribution in [-0.2, 0) is 4.79 Å². The van der Waals surface area contributed by atoms with Crippen LogP contribution in [0.3, 0.4) is 0 Å². The van der Waals surface area contributed by atoms with E-state index in [1.807, 2.05) is 24.3 Å². The molecular formula is C19H20Cl2N2O2S. The maximum Gasteiger partial charge on any atom is 0.251 e. The highest BCUT2D eigenvalue weighted by molar-refractivity contribution is 7.99. The van der Waals surface area contributed by atoms with Gasteiger partial charge >= 0.3 is 0 Å². The number of halogens is 2. The molecule has 0 saturated carbocycles. The highest BCUT2D eigenvalue weighted by atomic mass is 35.5. The number of hydrogen-bond donors (Lipinski definition) is 2. The fourth-order valence-electron chi connectivity index (χ4n) is 2.13. The minimum atomic E-state index is -0.165. The van der Waals surface area contributed by atoms with Crippen LogP contribution in [0.25, 0.3) is 0 Å². The summed E-state index contributed by atoms with van der Waals surface area (Å²) in [4.78, 5) is 24.8. The molecule has 0 fully saturated rings. The average Bonchev–Trinajstić information content (AvgIpc) is 2.64. The quantitative estimate of drug-likeness (QED) is 0.475. The summed E-state index contributed by atoms with van der Waals surface area (Å²) in [6.07, 6.45) is 0.974. The summed E-state index contributed by atoms with van der Waals surface area (Å²) < 4.78 is 0. The summed E-state index contributed by atoms with van der Waals surface area (Å²) in [5.74, 6) is 0.615.